The lowest BCUT2D eigenvalue weighted by Gasteiger charge is -2.13. The third kappa shape index (κ3) is 3.13. The summed E-state index contributed by atoms with van der Waals surface area (Å²) in [7, 11) is -5.74. The SMILES string of the molecule is O=S(=O)(c1cc(F)ccc1Oc1cccnc1)C(F)(F)F. The Hall–Kier alpha value is -2.16. The molecule has 1 heterocycles. The Morgan fingerprint density at radius 2 is 1.86 bits per heavy atom. The maximum absolute atomic E-state index is 13.1. The minimum absolute atomic E-state index is 0.0164. The number of hydrogen-bond donors (Lipinski definition) is 0. The lowest BCUT2D eigenvalue weighted by atomic mass is 10.3. The van der Waals surface area contributed by atoms with Crippen molar-refractivity contribution in [3.63, 3.8) is 0 Å². The summed E-state index contributed by atoms with van der Waals surface area (Å²) in [6.45, 7) is 0. The van der Waals surface area contributed by atoms with Crippen molar-refractivity contribution in [2.75, 3.05) is 0 Å². The van der Waals surface area contributed by atoms with E-state index < -0.39 is 31.8 Å². The molecule has 0 saturated heterocycles. The molecule has 21 heavy (non-hydrogen) atoms. The van der Waals surface area contributed by atoms with E-state index in [2.05, 4.69) is 4.98 Å². The second kappa shape index (κ2) is 5.32. The summed E-state index contributed by atoms with van der Waals surface area (Å²) < 4.78 is 78.8. The molecule has 0 fully saturated rings. The number of nitrogens with zero attached hydrogens (tertiary/aromatic N) is 1. The lowest BCUT2D eigenvalue weighted by Crippen LogP contribution is -2.23. The molecule has 0 amide bonds. The van der Waals surface area contributed by atoms with Crippen LogP contribution in [0.3, 0.4) is 0 Å². The van der Waals surface area contributed by atoms with E-state index in [-0.39, 0.29) is 11.8 Å². The highest BCUT2D eigenvalue weighted by Gasteiger charge is 2.48. The molecule has 9 heteroatoms. The Labute approximate surface area is 116 Å². The molecule has 0 aliphatic rings. The fourth-order valence-corrected chi connectivity index (χ4v) is 2.33. The van der Waals surface area contributed by atoms with Crippen LogP contribution in [-0.4, -0.2) is 18.9 Å². The largest absolute Gasteiger partial charge is 0.502 e. The molecule has 0 saturated carbocycles. The fraction of sp³-hybridized carbons (Fsp3) is 0.0833. The van der Waals surface area contributed by atoms with Gasteiger partial charge in [-0.05, 0) is 30.3 Å². The molecule has 0 aliphatic carbocycles. The highest BCUT2D eigenvalue weighted by atomic mass is 32.2. The number of pyridine rings is 1. The van der Waals surface area contributed by atoms with Gasteiger partial charge >= 0.3 is 5.51 Å². The maximum Gasteiger partial charge on any atom is 0.502 e. The van der Waals surface area contributed by atoms with E-state index in [4.69, 9.17) is 4.74 Å². The van der Waals surface area contributed by atoms with Crippen molar-refractivity contribution in [2.24, 2.45) is 0 Å². The van der Waals surface area contributed by atoms with Gasteiger partial charge in [0.2, 0.25) is 0 Å². The van der Waals surface area contributed by atoms with Crippen LogP contribution in [-0.2, 0) is 9.84 Å². The predicted octanol–water partition coefficient (Wildman–Crippen LogP) is 3.31. The summed E-state index contributed by atoms with van der Waals surface area (Å²) >= 11 is 0. The van der Waals surface area contributed by atoms with E-state index in [1.165, 1.54) is 24.5 Å². The van der Waals surface area contributed by atoms with Gasteiger partial charge in [0, 0.05) is 6.20 Å². The molecule has 0 aliphatic heterocycles. The Kier molecular flexibility index (Phi) is 3.86. The van der Waals surface area contributed by atoms with Gasteiger partial charge in [0.15, 0.2) is 0 Å². The van der Waals surface area contributed by atoms with Crippen molar-refractivity contribution in [3.05, 3.63) is 48.5 Å². The van der Waals surface area contributed by atoms with Crippen LogP contribution in [0.25, 0.3) is 0 Å². The van der Waals surface area contributed by atoms with Crippen LogP contribution in [0.5, 0.6) is 11.5 Å². The van der Waals surface area contributed by atoms with Gasteiger partial charge in [-0.15, -0.1) is 0 Å². The number of hydrogen-bond acceptors (Lipinski definition) is 4. The first-order valence-corrected chi connectivity index (χ1v) is 6.89. The molecule has 112 valence electrons. The molecule has 0 spiro atoms. The van der Waals surface area contributed by atoms with Gasteiger partial charge in [-0.1, -0.05) is 0 Å². The van der Waals surface area contributed by atoms with Gasteiger partial charge in [-0.25, -0.2) is 12.8 Å². The fourth-order valence-electron chi connectivity index (χ4n) is 1.44. The zero-order valence-electron chi connectivity index (χ0n) is 10.1. The molecule has 0 unspecified atom stereocenters. The Balaban J connectivity index is 2.54. The highest BCUT2D eigenvalue weighted by molar-refractivity contribution is 7.92. The smallest absolute Gasteiger partial charge is 0.454 e. The minimum atomic E-state index is -5.74. The van der Waals surface area contributed by atoms with Crippen LogP contribution in [0, 0.1) is 5.82 Å². The lowest BCUT2D eigenvalue weighted by molar-refractivity contribution is -0.0437. The van der Waals surface area contributed by atoms with Crippen molar-refractivity contribution < 1.29 is 30.7 Å². The molecule has 0 radical (unpaired) electrons. The minimum Gasteiger partial charge on any atom is -0.454 e. The van der Waals surface area contributed by atoms with Crippen LogP contribution in [0.2, 0.25) is 0 Å². The molecular weight excluding hydrogens is 314 g/mol. The van der Waals surface area contributed by atoms with Gasteiger partial charge in [-0.3, -0.25) is 4.98 Å². The number of aromatic nitrogens is 1. The second-order valence-corrected chi connectivity index (χ2v) is 5.74. The summed E-state index contributed by atoms with van der Waals surface area (Å²) in [5.74, 6) is -1.75. The van der Waals surface area contributed by atoms with Gasteiger partial charge in [0.1, 0.15) is 22.2 Å². The van der Waals surface area contributed by atoms with Crippen LogP contribution in [0.4, 0.5) is 17.6 Å². The van der Waals surface area contributed by atoms with Crippen molar-refractivity contribution in [1.29, 1.82) is 0 Å². The van der Waals surface area contributed by atoms with E-state index in [1.54, 1.807) is 0 Å². The zero-order valence-corrected chi connectivity index (χ0v) is 11.0. The summed E-state index contributed by atoms with van der Waals surface area (Å²) in [4.78, 5) is 2.38. The predicted molar refractivity (Wildman–Crippen MR) is 64.0 cm³/mol. The Bertz CT molecular complexity index is 745. The monoisotopic (exact) mass is 321 g/mol. The van der Waals surface area contributed by atoms with Crippen molar-refractivity contribution in [1.82, 2.24) is 4.98 Å². The Morgan fingerprint density at radius 3 is 2.43 bits per heavy atom. The average molecular weight is 321 g/mol. The zero-order chi connectivity index (χ0) is 15.7. The number of ether oxygens (including phenoxy) is 1. The standard InChI is InChI=1S/C12H7F4NO3S/c13-8-3-4-10(20-9-2-1-5-17-7-9)11(6-8)21(18,19)12(14,15)16/h1-7H. The number of rotatable bonds is 3. The number of alkyl halides is 3. The number of sulfone groups is 1. The van der Waals surface area contributed by atoms with E-state index in [0.717, 1.165) is 12.1 Å². The summed E-state index contributed by atoms with van der Waals surface area (Å²) in [6.07, 6.45) is 2.57. The van der Waals surface area contributed by atoms with Gasteiger partial charge in [0.25, 0.3) is 9.84 Å². The van der Waals surface area contributed by atoms with Crippen molar-refractivity contribution >= 4 is 9.84 Å². The Morgan fingerprint density at radius 1 is 1.14 bits per heavy atom. The molecule has 0 atom stereocenters. The van der Waals surface area contributed by atoms with Crippen LogP contribution >= 0.6 is 0 Å². The first-order chi connectivity index (χ1) is 9.72. The number of halogens is 4. The van der Waals surface area contributed by atoms with E-state index in [1.807, 2.05) is 0 Å². The second-order valence-electron chi connectivity index (χ2n) is 3.83. The number of benzene rings is 1. The maximum atomic E-state index is 13.1. The van der Waals surface area contributed by atoms with Crippen LogP contribution in [0.1, 0.15) is 0 Å². The molecule has 1 aromatic heterocycles. The van der Waals surface area contributed by atoms with Gasteiger partial charge in [-0.2, -0.15) is 13.2 Å². The molecule has 1 aromatic carbocycles. The van der Waals surface area contributed by atoms with Crippen LogP contribution in [0.15, 0.2) is 47.6 Å². The molecular formula is C12H7F4NO3S. The van der Waals surface area contributed by atoms with Gasteiger partial charge < -0.3 is 4.74 Å². The first kappa shape index (κ1) is 15.2. The van der Waals surface area contributed by atoms with Crippen molar-refractivity contribution in [3.8, 4) is 11.5 Å². The summed E-state index contributed by atoms with van der Waals surface area (Å²) in [6, 6.07) is 4.66. The average Bonchev–Trinajstić information content (AvgIpc) is 2.40. The van der Waals surface area contributed by atoms with E-state index in [0.29, 0.717) is 0 Å². The third-order valence-electron chi connectivity index (χ3n) is 2.36. The summed E-state index contributed by atoms with van der Waals surface area (Å²) in [5, 5.41) is 0. The molecule has 0 bridgehead atoms. The molecule has 2 rings (SSSR count). The van der Waals surface area contributed by atoms with E-state index in [9.17, 15) is 26.0 Å². The molecule has 2 aromatic rings. The van der Waals surface area contributed by atoms with Crippen LogP contribution < -0.4 is 4.74 Å². The molecule has 4 nitrogen and oxygen atoms in total. The third-order valence-corrected chi connectivity index (χ3v) is 3.87. The quantitative estimate of drug-likeness (QED) is 0.814. The van der Waals surface area contributed by atoms with E-state index >= 15 is 0 Å². The topological polar surface area (TPSA) is 56.3 Å². The highest BCUT2D eigenvalue weighted by Crippen LogP contribution is 2.37. The molecule has 0 N–H and O–H groups in total. The normalized spacial score (nSPS) is 12.2. The van der Waals surface area contributed by atoms with Gasteiger partial charge in [0.05, 0.1) is 6.20 Å². The summed E-state index contributed by atoms with van der Waals surface area (Å²) in [5.41, 5.74) is -5.56. The first-order valence-electron chi connectivity index (χ1n) is 5.40. The van der Waals surface area contributed by atoms with Crippen molar-refractivity contribution in [2.45, 2.75) is 10.4 Å².